The lowest BCUT2D eigenvalue weighted by Gasteiger charge is -2.61. The molecule has 1 fully saturated rings. The lowest BCUT2D eigenvalue weighted by atomic mass is 9.42. The minimum Gasteiger partial charge on any atom is -0.466 e. The van der Waals surface area contributed by atoms with Gasteiger partial charge in [0.25, 0.3) is 0 Å². The van der Waals surface area contributed by atoms with Crippen molar-refractivity contribution in [2.24, 2.45) is 38.4 Å². The SMILES string of the molecule is CCCC(C)(C)CC[C@](C)(/C=C/C(=O)OC)CCC(C)(C)[C@]1(C)CC[C@H]2C(C)(C)C(=O)C(C#N)=C[C@]2(C)/C1=C/C(C)=O. The van der Waals surface area contributed by atoms with Gasteiger partial charge in [-0.05, 0) is 85.5 Å². The van der Waals surface area contributed by atoms with Gasteiger partial charge in [-0.25, -0.2) is 4.79 Å². The van der Waals surface area contributed by atoms with E-state index >= 15 is 0 Å². The van der Waals surface area contributed by atoms with Crippen LogP contribution in [0.15, 0.2) is 35.5 Å². The van der Waals surface area contributed by atoms with Gasteiger partial charge in [0.05, 0.1) is 12.7 Å². The van der Waals surface area contributed by atoms with Crippen LogP contribution in [-0.2, 0) is 19.1 Å². The van der Waals surface area contributed by atoms with Gasteiger partial charge in [0.1, 0.15) is 6.07 Å². The first-order valence-electron chi connectivity index (χ1n) is 15.8. The van der Waals surface area contributed by atoms with Gasteiger partial charge in [-0.3, -0.25) is 9.59 Å². The van der Waals surface area contributed by atoms with Crippen LogP contribution in [0, 0.1) is 49.7 Å². The summed E-state index contributed by atoms with van der Waals surface area (Å²) < 4.78 is 4.92. The van der Waals surface area contributed by atoms with Crippen molar-refractivity contribution in [2.45, 2.75) is 128 Å². The highest BCUT2D eigenvalue weighted by atomic mass is 16.5. The fraction of sp³-hybridized carbons (Fsp3) is 0.730. The van der Waals surface area contributed by atoms with Crippen LogP contribution in [0.2, 0.25) is 0 Å². The fourth-order valence-corrected chi connectivity index (χ4v) is 8.04. The first-order chi connectivity index (χ1) is 19.1. The van der Waals surface area contributed by atoms with E-state index in [1.54, 1.807) is 19.1 Å². The van der Waals surface area contributed by atoms with E-state index in [2.05, 4.69) is 61.5 Å². The minimum absolute atomic E-state index is 0.00173. The van der Waals surface area contributed by atoms with Crippen LogP contribution in [0.1, 0.15) is 128 Å². The Labute approximate surface area is 256 Å². The summed E-state index contributed by atoms with van der Waals surface area (Å²) in [5.74, 6) is -0.456. The summed E-state index contributed by atoms with van der Waals surface area (Å²) in [6.07, 6.45) is 15.0. The first kappa shape index (κ1) is 35.7. The van der Waals surface area contributed by atoms with Crippen molar-refractivity contribution in [2.75, 3.05) is 7.11 Å². The quantitative estimate of drug-likeness (QED) is 0.170. The molecule has 0 amide bonds. The molecule has 0 radical (unpaired) electrons. The van der Waals surface area contributed by atoms with Gasteiger partial charge in [-0.2, -0.15) is 5.26 Å². The molecule has 0 bridgehead atoms. The second-order valence-electron chi connectivity index (χ2n) is 15.9. The maximum absolute atomic E-state index is 13.3. The van der Waals surface area contributed by atoms with Gasteiger partial charge in [0.15, 0.2) is 11.6 Å². The number of allylic oxidation sites excluding steroid dienone is 5. The largest absolute Gasteiger partial charge is 0.466 e. The highest BCUT2D eigenvalue weighted by Crippen LogP contribution is 2.67. The third-order valence-corrected chi connectivity index (χ3v) is 11.4. The molecule has 0 saturated heterocycles. The number of fused-ring (bicyclic) bond motifs is 1. The predicted octanol–water partition coefficient (Wildman–Crippen LogP) is 9.13. The van der Waals surface area contributed by atoms with Crippen LogP contribution in [0.25, 0.3) is 0 Å². The van der Waals surface area contributed by atoms with E-state index in [4.69, 9.17) is 4.74 Å². The Hall–Kier alpha value is -2.48. The molecule has 0 aromatic carbocycles. The van der Waals surface area contributed by atoms with Crippen LogP contribution in [0.5, 0.6) is 0 Å². The van der Waals surface area contributed by atoms with E-state index < -0.39 is 10.8 Å². The first-order valence-corrected chi connectivity index (χ1v) is 15.8. The molecule has 0 aliphatic heterocycles. The van der Waals surface area contributed by atoms with E-state index in [0.29, 0.717) is 0 Å². The molecule has 0 aromatic rings. The predicted molar refractivity (Wildman–Crippen MR) is 170 cm³/mol. The molecular weight excluding hydrogens is 522 g/mol. The Kier molecular flexibility index (Phi) is 10.7. The van der Waals surface area contributed by atoms with Crippen molar-refractivity contribution < 1.29 is 19.1 Å². The second kappa shape index (κ2) is 12.6. The molecule has 0 heterocycles. The summed E-state index contributed by atoms with van der Waals surface area (Å²) >= 11 is 0. The van der Waals surface area contributed by atoms with Crippen molar-refractivity contribution in [1.82, 2.24) is 0 Å². The Morgan fingerprint density at radius 2 is 1.64 bits per heavy atom. The highest BCUT2D eigenvalue weighted by molar-refractivity contribution is 6.04. The van der Waals surface area contributed by atoms with Crippen LogP contribution < -0.4 is 0 Å². The number of nitriles is 1. The zero-order chi connectivity index (χ0) is 32.4. The summed E-state index contributed by atoms with van der Waals surface area (Å²) in [6, 6.07) is 2.17. The number of hydrogen-bond acceptors (Lipinski definition) is 5. The molecule has 42 heavy (non-hydrogen) atoms. The van der Waals surface area contributed by atoms with Gasteiger partial charge in [0.2, 0.25) is 0 Å². The maximum atomic E-state index is 13.3. The van der Waals surface area contributed by atoms with Crippen molar-refractivity contribution in [3.05, 3.63) is 35.5 Å². The van der Waals surface area contributed by atoms with Gasteiger partial charge in [-0.15, -0.1) is 0 Å². The number of ketones is 2. The number of rotatable bonds is 12. The smallest absolute Gasteiger partial charge is 0.330 e. The lowest BCUT2D eigenvalue weighted by Crippen LogP contribution is -2.55. The zero-order valence-corrected chi connectivity index (χ0v) is 28.6. The molecule has 234 valence electrons. The third-order valence-electron chi connectivity index (χ3n) is 11.4. The third kappa shape index (κ3) is 7.17. The average Bonchev–Trinajstić information content (AvgIpc) is 2.89. The fourth-order valence-electron chi connectivity index (χ4n) is 8.04. The van der Waals surface area contributed by atoms with Gasteiger partial charge in [-0.1, -0.05) is 93.4 Å². The van der Waals surface area contributed by atoms with Gasteiger partial charge >= 0.3 is 5.97 Å². The van der Waals surface area contributed by atoms with E-state index in [-0.39, 0.29) is 50.7 Å². The Balaban J connectivity index is 2.56. The van der Waals surface area contributed by atoms with Gasteiger partial charge in [0, 0.05) is 16.9 Å². The Morgan fingerprint density at radius 1 is 1.05 bits per heavy atom. The Morgan fingerprint density at radius 3 is 2.17 bits per heavy atom. The van der Waals surface area contributed by atoms with E-state index in [0.717, 1.165) is 56.9 Å². The molecule has 2 aliphatic carbocycles. The molecule has 2 rings (SSSR count). The number of esters is 1. The molecular formula is C37H57NO4. The van der Waals surface area contributed by atoms with E-state index in [1.807, 2.05) is 26.0 Å². The molecule has 0 spiro atoms. The summed E-state index contributed by atoms with van der Waals surface area (Å²) in [5, 5.41) is 9.91. The number of Topliss-reactive ketones (excluding diaryl/α,β-unsaturated/α-hetero) is 1. The van der Waals surface area contributed by atoms with Crippen molar-refractivity contribution in [1.29, 1.82) is 5.26 Å². The second-order valence-corrected chi connectivity index (χ2v) is 15.9. The molecule has 0 unspecified atom stereocenters. The summed E-state index contributed by atoms with van der Waals surface area (Å²) in [6.45, 7) is 23.6. The summed E-state index contributed by atoms with van der Waals surface area (Å²) in [5.41, 5.74) is -0.587. The highest BCUT2D eigenvalue weighted by Gasteiger charge is 2.61. The molecule has 5 nitrogen and oxygen atoms in total. The molecule has 2 aliphatic rings. The van der Waals surface area contributed by atoms with Crippen molar-refractivity contribution in [3.63, 3.8) is 0 Å². The van der Waals surface area contributed by atoms with E-state index in [1.165, 1.54) is 7.11 Å². The zero-order valence-electron chi connectivity index (χ0n) is 28.6. The van der Waals surface area contributed by atoms with Crippen molar-refractivity contribution >= 4 is 17.5 Å². The molecule has 0 N–H and O–H groups in total. The topological polar surface area (TPSA) is 84.2 Å². The number of carbonyl (C=O) groups is 3. The maximum Gasteiger partial charge on any atom is 0.330 e. The summed E-state index contributed by atoms with van der Waals surface area (Å²) in [7, 11) is 1.41. The van der Waals surface area contributed by atoms with Crippen LogP contribution in [0.3, 0.4) is 0 Å². The Bertz CT molecular complexity index is 1190. The molecule has 0 aromatic heterocycles. The molecule has 5 heteroatoms. The number of ether oxygens (including phenoxy) is 1. The summed E-state index contributed by atoms with van der Waals surface area (Å²) in [4.78, 5) is 38.1. The number of hydrogen-bond donors (Lipinski definition) is 0. The number of carbonyl (C=O) groups excluding carboxylic acids is 3. The molecule has 1 saturated carbocycles. The minimum atomic E-state index is -0.696. The van der Waals surface area contributed by atoms with Crippen molar-refractivity contribution in [3.8, 4) is 6.07 Å². The van der Waals surface area contributed by atoms with Gasteiger partial charge < -0.3 is 4.74 Å². The monoisotopic (exact) mass is 579 g/mol. The van der Waals surface area contributed by atoms with Crippen LogP contribution in [-0.4, -0.2) is 24.6 Å². The molecule has 4 atom stereocenters. The standard InChI is InChI=1S/C37H57NO4/c1-13-16-32(3,4)19-21-35(9,17-15-30(40)42-12)22-20-33(5,6)37(11)18-14-28-34(7,8)31(41)27(25-38)24-36(28,10)29(37)23-26(2)39/h15,17,23-24,28H,13-14,16,18-22H2,1-12H3/b17-15+,29-23-/t28-,35-,36-,37+/m0/s1. The average molecular weight is 580 g/mol. The normalized spacial score (nSPS) is 28.5. The van der Waals surface area contributed by atoms with Crippen LogP contribution in [0.4, 0.5) is 0 Å². The number of nitrogens with zero attached hydrogens (tertiary/aromatic N) is 1. The number of methoxy groups -OCH3 is 1. The van der Waals surface area contributed by atoms with E-state index in [9.17, 15) is 19.6 Å². The van der Waals surface area contributed by atoms with Crippen LogP contribution >= 0.6 is 0 Å². The lowest BCUT2D eigenvalue weighted by molar-refractivity contribution is -0.135.